The largest absolute Gasteiger partial charge is 0.313 e. The van der Waals surface area contributed by atoms with E-state index in [1.54, 1.807) is 0 Å². The van der Waals surface area contributed by atoms with E-state index < -0.39 is 0 Å². The molecule has 0 saturated carbocycles. The fourth-order valence-electron chi connectivity index (χ4n) is 2.34. The Balaban J connectivity index is 2.00. The van der Waals surface area contributed by atoms with Crippen LogP contribution < -0.4 is 5.32 Å². The van der Waals surface area contributed by atoms with Gasteiger partial charge < -0.3 is 5.32 Å². The molecule has 2 rings (SSSR count). The second kappa shape index (κ2) is 6.72. The minimum atomic E-state index is 0.982. The van der Waals surface area contributed by atoms with Crippen LogP contribution in [0.2, 0.25) is 0 Å². The van der Waals surface area contributed by atoms with Crippen LogP contribution in [0.15, 0.2) is 35.9 Å². The lowest BCUT2D eigenvalue weighted by Gasteiger charge is -2.26. The first-order valence-corrected chi connectivity index (χ1v) is 6.95. The van der Waals surface area contributed by atoms with Crippen LogP contribution in [0.1, 0.15) is 31.4 Å². The van der Waals surface area contributed by atoms with Crippen LogP contribution >= 0.6 is 0 Å². The molecule has 1 aliphatic rings. The highest BCUT2D eigenvalue weighted by Crippen LogP contribution is 2.16. The third-order valence-electron chi connectivity index (χ3n) is 3.60. The summed E-state index contributed by atoms with van der Waals surface area (Å²) in [4.78, 5) is 2.53. The van der Waals surface area contributed by atoms with Crippen LogP contribution in [0.25, 0.3) is 0 Å². The molecular formula is C16H24N2. The smallest absolute Gasteiger partial charge is 0.0240 e. The Morgan fingerprint density at radius 2 is 2.00 bits per heavy atom. The molecule has 0 aliphatic carbocycles. The van der Waals surface area contributed by atoms with Gasteiger partial charge in [-0.15, -0.1) is 0 Å². The minimum Gasteiger partial charge on any atom is -0.313 e. The molecule has 2 heteroatoms. The lowest BCUT2D eigenvalue weighted by atomic mass is 10.0. The highest BCUT2D eigenvalue weighted by atomic mass is 15.1. The number of rotatable bonds is 5. The van der Waals surface area contributed by atoms with E-state index in [4.69, 9.17) is 0 Å². The van der Waals surface area contributed by atoms with Gasteiger partial charge in [0.1, 0.15) is 0 Å². The Hall–Kier alpha value is -1.12. The van der Waals surface area contributed by atoms with Crippen molar-refractivity contribution in [1.29, 1.82) is 0 Å². The summed E-state index contributed by atoms with van der Waals surface area (Å²) in [5.41, 5.74) is 4.43. The van der Waals surface area contributed by atoms with Gasteiger partial charge in [0.15, 0.2) is 0 Å². The van der Waals surface area contributed by atoms with Crippen molar-refractivity contribution < 1.29 is 0 Å². The Morgan fingerprint density at radius 1 is 1.22 bits per heavy atom. The van der Waals surface area contributed by atoms with Crippen molar-refractivity contribution in [2.75, 3.05) is 19.6 Å². The molecule has 1 heterocycles. The SMILES string of the molecule is CCNCc1ccccc1CN1CC=C(C)CC1. The second-order valence-corrected chi connectivity index (χ2v) is 5.08. The number of nitrogens with one attached hydrogen (secondary N) is 1. The van der Waals surface area contributed by atoms with Crippen LogP contribution in [0.3, 0.4) is 0 Å². The maximum Gasteiger partial charge on any atom is 0.0240 e. The highest BCUT2D eigenvalue weighted by Gasteiger charge is 2.11. The number of hydrogen-bond acceptors (Lipinski definition) is 2. The molecule has 0 aromatic heterocycles. The van der Waals surface area contributed by atoms with E-state index in [-0.39, 0.29) is 0 Å². The van der Waals surface area contributed by atoms with Crippen LogP contribution in [-0.4, -0.2) is 24.5 Å². The summed E-state index contributed by atoms with van der Waals surface area (Å²) in [6.07, 6.45) is 3.58. The maximum absolute atomic E-state index is 3.42. The first kappa shape index (κ1) is 13.3. The lowest BCUT2D eigenvalue weighted by molar-refractivity contribution is 0.285. The van der Waals surface area contributed by atoms with Crippen LogP contribution in [-0.2, 0) is 13.1 Å². The Morgan fingerprint density at radius 3 is 2.67 bits per heavy atom. The van der Waals surface area contributed by atoms with E-state index in [0.29, 0.717) is 0 Å². The maximum atomic E-state index is 3.42. The zero-order valence-corrected chi connectivity index (χ0v) is 11.6. The molecule has 0 bridgehead atoms. The third-order valence-corrected chi connectivity index (χ3v) is 3.60. The van der Waals surface area contributed by atoms with Crippen molar-refractivity contribution in [3.63, 3.8) is 0 Å². The molecule has 18 heavy (non-hydrogen) atoms. The van der Waals surface area contributed by atoms with Gasteiger partial charge in [0.25, 0.3) is 0 Å². The first-order valence-electron chi connectivity index (χ1n) is 6.95. The fourth-order valence-corrected chi connectivity index (χ4v) is 2.34. The predicted molar refractivity (Wildman–Crippen MR) is 77.5 cm³/mol. The van der Waals surface area contributed by atoms with Gasteiger partial charge in [0.05, 0.1) is 0 Å². The lowest BCUT2D eigenvalue weighted by Crippen LogP contribution is -2.28. The molecule has 1 aromatic rings. The second-order valence-electron chi connectivity index (χ2n) is 5.08. The third kappa shape index (κ3) is 3.69. The average Bonchev–Trinajstić information content (AvgIpc) is 2.40. The van der Waals surface area contributed by atoms with Crippen LogP contribution in [0.4, 0.5) is 0 Å². The summed E-state index contributed by atoms with van der Waals surface area (Å²) >= 11 is 0. The van der Waals surface area contributed by atoms with Gasteiger partial charge in [0.2, 0.25) is 0 Å². The van der Waals surface area contributed by atoms with Crippen molar-refractivity contribution in [3.05, 3.63) is 47.0 Å². The molecule has 98 valence electrons. The van der Waals surface area contributed by atoms with E-state index in [1.165, 1.54) is 29.7 Å². The Kier molecular flexibility index (Phi) is 4.97. The summed E-state index contributed by atoms with van der Waals surface area (Å²) in [5.74, 6) is 0. The summed E-state index contributed by atoms with van der Waals surface area (Å²) in [5, 5.41) is 3.42. The van der Waals surface area contributed by atoms with Gasteiger partial charge in [-0.3, -0.25) is 4.90 Å². The van der Waals surface area contributed by atoms with Crippen molar-refractivity contribution in [3.8, 4) is 0 Å². The molecule has 0 radical (unpaired) electrons. The molecule has 2 nitrogen and oxygen atoms in total. The van der Waals surface area contributed by atoms with E-state index in [9.17, 15) is 0 Å². The van der Waals surface area contributed by atoms with Crippen molar-refractivity contribution in [2.45, 2.75) is 33.4 Å². The van der Waals surface area contributed by atoms with Gasteiger partial charge >= 0.3 is 0 Å². The molecule has 0 atom stereocenters. The summed E-state index contributed by atoms with van der Waals surface area (Å²) < 4.78 is 0. The highest BCUT2D eigenvalue weighted by molar-refractivity contribution is 5.27. The van der Waals surface area contributed by atoms with E-state index in [0.717, 1.165) is 26.2 Å². The van der Waals surface area contributed by atoms with Crippen molar-refractivity contribution >= 4 is 0 Å². The molecule has 0 amide bonds. The number of nitrogens with zero attached hydrogens (tertiary/aromatic N) is 1. The summed E-state index contributed by atoms with van der Waals surface area (Å²) in [6.45, 7) is 9.76. The zero-order valence-electron chi connectivity index (χ0n) is 11.6. The molecule has 0 spiro atoms. The standard InChI is InChI=1S/C16H24N2/c1-3-17-12-15-6-4-5-7-16(15)13-18-10-8-14(2)9-11-18/h4-8,17H,3,9-13H2,1-2H3. The molecule has 1 aromatic carbocycles. The zero-order chi connectivity index (χ0) is 12.8. The van der Waals surface area contributed by atoms with Gasteiger partial charge in [-0.25, -0.2) is 0 Å². The van der Waals surface area contributed by atoms with Gasteiger partial charge in [0, 0.05) is 26.2 Å². The molecule has 0 unspecified atom stereocenters. The van der Waals surface area contributed by atoms with Crippen LogP contribution in [0.5, 0.6) is 0 Å². The number of hydrogen-bond donors (Lipinski definition) is 1. The van der Waals surface area contributed by atoms with Gasteiger partial charge in [-0.05, 0) is 31.0 Å². The molecule has 1 aliphatic heterocycles. The summed E-state index contributed by atoms with van der Waals surface area (Å²) in [6, 6.07) is 8.78. The Labute approximate surface area is 111 Å². The first-order chi connectivity index (χ1) is 8.79. The van der Waals surface area contributed by atoms with Gasteiger partial charge in [-0.1, -0.05) is 42.8 Å². The minimum absolute atomic E-state index is 0.982. The monoisotopic (exact) mass is 244 g/mol. The topological polar surface area (TPSA) is 15.3 Å². The van der Waals surface area contributed by atoms with Crippen molar-refractivity contribution in [2.24, 2.45) is 0 Å². The molecule has 1 N–H and O–H groups in total. The average molecular weight is 244 g/mol. The molecule has 0 saturated heterocycles. The normalized spacial score (nSPS) is 16.7. The van der Waals surface area contributed by atoms with E-state index >= 15 is 0 Å². The predicted octanol–water partition coefficient (Wildman–Crippen LogP) is 2.95. The van der Waals surface area contributed by atoms with E-state index in [1.807, 2.05) is 0 Å². The quantitative estimate of drug-likeness (QED) is 0.801. The Bertz CT molecular complexity index is 409. The number of benzene rings is 1. The fraction of sp³-hybridized carbons (Fsp3) is 0.500. The van der Waals surface area contributed by atoms with Crippen LogP contribution in [0, 0.1) is 0 Å². The molecule has 0 fully saturated rings. The summed E-state index contributed by atoms with van der Waals surface area (Å²) in [7, 11) is 0. The van der Waals surface area contributed by atoms with E-state index in [2.05, 4.69) is 54.4 Å². The van der Waals surface area contributed by atoms with Crippen molar-refractivity contribution in [1.82, 2.24) is 10.2 Å². The molecular weight excluding hydrogens is 220 g/mol. The van der Waals surface area contributed by atoms with Gasteiger partial charge in [-0.2, -0.15) is 0 Å².